The van der Waals surface area contributed by atoms with Crippen molar-refractivity contribution in [3.8, 4) is 5.75 Å². The minimum Gasteiger partial charge on any atom is -0.496 e. The van der Waals surface area contributed by atoms with E-state index in [-0.39, 0.29) is 23.8 Å². The van der Waals surface area contributed by atoms with Gasteiger partial charge in [0, 0.05) is 22.6 Å². The van der Waals surface area contributed by atoms with Gasteiger partial charge in [0.05, 0.1) is 24.1 Å². The third-order valence-electron chi connectivity index (χ3n) is 6.84. The SMILES string of the molecule is COc1ccc(C)cc1C1(C(=O)NS(=O)(=O)c2cccc3nc(C)ccc23)C[C@@H](c2ccccc2)CO1. The number of pyridine rings is 1. The number of rotatable bonds is 6. The number of amides is 1. The third kappa shape index (κ3) is 4.58. The Labute approximate surface area is 216 Å². The topological polar surface area (TPSA) is 94.6 Å². The molecule has 0 aliphatic carbocycles. The first kappa shape index (κ1) is 24.9. The Balaban J connectivity index is 1.58. The maximum Gasteiger partial charge on any atom is 0.270 e. The molecule has 1 aromatic heterocycles. The van der Waals surface area contributed by atoms with Crippen molar-refractivity contribution in [2.75, 3.05) is 13.7 Å². The highest BCUT2D eigenvalue weighted by molar-refractivity contribution is 7.90. The van der Waals surface area contributed by atoms with Crippen LogP contribution in [-0.4, -0.2) is 33.0 Å². The fourth-order valence-corrected chi connectivity index (χ4v) is 6.21. The third-order valence-corrected chi connectivity index (χ3v) is 8.23. The number of hydrogen-bond donors (Lipinski definition) is 1. The van der Waals surface area contributed by atoms with Gasteiger partial charge in [0.2, 0.25) is 0 Å². The molecule has 7 nitrogen and oxygen atoms in total. The number of carbonyl (C=O) groups excluding carboxylic acids is 1. The van der Waals surface area contributed by atoms with Crippen molar-refractivity contribution < 1.29 is 22.7 Å². The zero-order chi connectivity index (χ0) is 26.2. The van der Waals surface area contributed by atoms with E-state index >= 15 is 0 Å². The van der Waals surface area contributed by atoms with Gasteiger partial charge in [-0.2, -0.15) is 0 Å². The molecular weight excluding hydrogens is 488 g/mol. The number of sulfonamides is 1. The molecule has 37 heavy (non-hydrogen) atoms. The van der Waals surface area contributed by atoms with Gasteiger partial charge in [-0.25, -0.2) is 13.1 Å². The van der Waals surface area contributed by atoms with Crippen LogP contribution in [0.3, 0.4) is 0 Å². The molecule has 1 aliphatic heterocycles. The monoisotopic (exact) mass is 516 g/mol. The van der Waals surface area contributed by atoms with Crippen LogP contribution in [0.1, 0.15) is 34.7 Å². The van der Waals surface area contributed by atoms with E-state index in [1.54, 1.807) is 30.3 Å². The van der Waals surface area contributed by atoms with Gasteiger partial charge in [0.1, 0.15) is 5.75 Å². The summed E-state index contributed by atoms with van der Waals surface area (Å²) < 4.78 is 41.4. The van der Waals surface area contributed by atoms with Crippen LogP contribution in [0.5, 0.6) is 5.75 Å². The van der Waals surface area contributed by atoms with Gasteiger partial charge >= 0.3 is 0 Å². The molecule has 1 unspecified atom stereocenters. The molecule has 1 amide bonds. The number of fused-ring (bicyclic) bond motifs is 1. The van der Waals surface area contributed by atoms with E-state index in [1.807, 2.05) is 56.3 Å². The molecule has 4 aromatic rings. The Bertz CT molecular complexity index is 1590. The quantitative estimate of drug-likeness (QED) is 0.397. The van der Waals surface area contributed by atoms with E-state index < -0.39 is 21.5 Å². The average molecular weight is 517 g/mol. The first-order valence-corrected chi connectivity index (χ1v) is 13.5. The number of carbonyl (C=O) groups is 1. The standard InChI is InChI=1S/C29H28N2O5S/c1-19-12-15-26(35-3)24(16-19)29(17-22(18-36-29)21-8-5-4-6-9-21)28(32)31-37(33,34)27-11-7-10-25-23(27)14-13-20(2)30-25/h4-16,22H,17-18H2,1-3H3,(H,31,32)/t22-,29?/m1/s1. The predicted molar refractivity (Wildman–Crippen MR) is 141 cm³/mol. The first-order chi connectivity index (χ1) is 17.7. The molecule has 0 radical (unpaired) electrons. The molecule has 3 aromatic carbocycles. The van der Waals surface area contributed by atoms with Crippen molar-refractivity contribution in [3.63, 3.8) is 0 Å². The largest absolute Gasteiger partial charge is 0.496 e. The highest BCUT2D eigenvalue weighted by atomic mass is 32.2. The van der Waals surface area contributed by atoms with Gasteiger partial charge in [-0.05, 0) is 62.2 Å². The molecule has 8 heteroatoms. The van der Waals surface area contributed by atoms with Gasteiger partial charge in [-0.1, -0.05) is 48.0 Å². The van der Waals surface area contributed by atoms with E-state index in [0.717, 1.165) is 16.8 Å². The molecule has 0 saturated carbocycles. The van der Waals surface area contributed by atoms with Crippen molar-refractivity contribution in [2.45, 2.75) is 36.7 Å². The summed E-state index contributed by atoms with van der Waals surface area (Å²) in [4.78, 5) is 18.4. The molecule has 1 saturated heterocycles. The van der Waals surface area contributed by atoms with Gasteiger partial charge in [0.15, 0.2) is 5.60 Å². The highest BCUT2D eigenvalue weighted by Crippen LogP contribution is 2.47. The lowest BCUT2D eigenvalue weighted by Gasteiger charge is -2.29. The van der Waals surface area contributed by atoms with Crippen LogP contribution < -0.4 is 9.46 Å². The molecule has 1 fully saturated rings. The van der Waals surface area contributed by atoms with Crippen LogP contribution in [-0.2, 0) is 25.2 Å². The van der Waals surface area contributed by atoms with E-state index in [4.69, 9.17) is 9.47 Å². The summed E-state index contributed by atoms with van der Waals surface area (Å²) in [6, 6.07) is 23.5. The summed E-state index contributed by atoms with van der Waals surface area (Å²) in [5, 5.41) is 0.435. The Morgan fingerprint density at radius 2 is 1.81 bits per heavy atom. The Hall–Kier alpha value is -3.75. The summed E-state index contributed by atoms with van der Waals surface area (Å²) in [7, 11) is -2.74. The van der Waals surface area contributed by atoms with Crippen LogP contribution in [0, 0.1) is 13.8 Å². The Kier molecular flexibility index (Phi) is 6.47. The number of aryl methyl sites for hydroxylation is 2. The van der Waals surface area contributed by atoms with Crippen LogP contribution in [0.15, 0.2) is 83.8 Å². The zero-order valence-corrected chi connectivity index (χ0v) is 21.7. The van der Waals surface area contributed by atoms with Gasteiger partial charge in [-0.3, -0.25) is 9.78 Å². The molecule has 1 aliphatic rings. The van der Waals surface area contributed by atoms with Crippen molar-refractivity contribution in [2.24, 2.45) is 0 Å². The van der Waals surface area contributed by atoms with Crippen molar-refractivity contribution in [1.82, 2.24) is 9.71 Å². The Morgan fingerprint density at radius 1 is 1.03 bits per heavy atom. The van der Waals surface area contributed by atoms with Crippen molar-refractivity contribution in [3.05, 3.63) is 101 Å². The minimum atomic E-state index is -4.25. The van der Waals surface area contributed by atoms with Crippen LogP contribution in [0.2, 0.25) is 0 Å². The van der Waals surface area contributed by atoms with Crippen molar-refractivity contribution >= 4 is 26.8 Å². The second kappa shape index (κ2) is 9.61. The van der Waals surface area contributed by atoms with Crippen LogP contribution in [0.4, 0.5) is 0 Å². The normalized spacial score (nSPS) is 19.6. The maximum absolute atomic E-state index is 14.0. The predicted octanol–water partition coefficient (Wildman–Crippen LogP) is 4.76. The summed E-state index contributed by atoms with van der Waals surface area (Å²) in [5.41, 5.74) is 2.14. The molecular formula is C29H28N2O5S. The average Bonchev–Trinajstić information content (AvgIpc) is 3.35. The molecule has 190 valence electrons. The fraction of sp³-hybridized carbons (Fsp3) is 0.241. The minimum absolute atomic E-state index is 0.0187. The van der Waals surface area contributed by atoms with E-state index in [2.05, 4.69) is 9.71 Å². The molecule has 1 N–H and O–H groups in total. The summed E-state index contributed by atoms with van der Waals surface area (Å²) in [5.74, 6) is -0.409. The van der Waals surface area contributed by atoms with Gasteiger partial charge < -0.3 is 9.47 Å². The van der Waals surface area contributed by atoms with Gasteiger partial charge in [0.25, 0.3) is 15.9 Å². The molecule has 0 bridgehead atoms. The lowest BCUT2D eigenvalue weighted by molar-refractivity contribution is -0.140. The number of ether oxygens (including phenoxy) is 2. The number of nitrogens with one attached hydrogen (secondary N) is 1. The smallest absolute Gasteiger partial charge is 0.270 e. The molecule has 2 heterocycles. The Morgan fingerprint density at radius 3 is 2.57 bits per heavy atom. The summed E-state index contributed by atoms with van der Waals surface area (Å²) in [6.07, 6.45) is 0.258. The second-order valence-electron chi connectivity index (χ2n) is 9.36. The summed E-state index contributed by atoms with van der Waals surface area (Å²) in [6.45, 7) is 3.99. The van der Waals surface area contributed by atoms with E-state index in [9.17, 15) is 13.2 Å². The molecule has 5 rings (SSSR count). The number of nitrogens with zero attached hydrogens (tertiary/aromatic N) is 1. The highest BCUT2D eigenvalue weighted by Gasteiger charge is 2.51. The lowest BCUT2D eigenvalue weighted by atomic mass is 9.83. The van der Waals surface area contributed by atoms with E-state index in [1.165, 1.54) is 13.2 Å². The van der Waals surface area contributed by atoms with E-state index in [0.29, 0.717) is 22.2 Å². The van der Waals surface area contributed by atoms with Crippen LogP contribution >= 0.6 is 0 Å². The van der Waals surface area contributed by atoms with Crippen LogP contribution in [0.25, 0.3) is 10.9 Å². The summed E-state index contributed by atoms with van der Waals surface area (Å²) >= 11 is 0. The van der Waals surface area contributed by atoms with Crippen molar-refractivity contribution in [1.29, 1.82) is 0 Å². The maximum atomic E-state index is 14.0. The zero-order valence-electron chi connectivity index (χ0n) is 20.9. The number of aromatic nitrogens is 1. The van der Waals surface area contributed by atoms with Gasteiger partial charge in [-0.15, -0.1) is 0 Å². The number of methoxy groups -OCH3 is 1. The number of benzene rings is 3. The fourth-order valence-electron chi connectivity index (χ4n) is 4.98. The lowest BCUT2D eigenvalue weighted by Crippen LogP contribution is -2.46. The first-order valence-electron chi connectivity index (χ1n) is 12.0. The molecule has 2 atom stereocenters. The second-order valence-corrected chi connectivity index (χ2v) is 11.0. The molecule has 0 spiro atoms. The number of hydrogen-bond acceptors (Lipinski definition) is 6.